The SMILES string of the molecule is CCN(C(=O)NC(CC(=O)O)C(C)C)c1ccccc1F. The van der Waals surface area contributed by atoms with Crippen LogP contribution in [0.4, 0.5) is 14.9 Å². The van der Waals surface area contributed by atoms with Crippen molar-refractivity contribution in [1.82, 2.24) is 5.32 Å². The third-order valence-corrected chi connectivity index (χ3v) is 3.21. The zero-order valence-corrected chi connectivity index (χ0v) is 12.5. The van der Waals surface area contributed by atoms with Crippen LogP contribution in [-0.4, -0.2) is 29.7 Å². The van der Waals surface area contributed by atoms with Crippen LogP contribution >= 0.6 is 0 Å². The number of hydrogen-bond donors (Lipinski definition) is 2. The van der Waals surface area contributed by atoms with Crippen molar-refractivity contribution in [3.8, 4) is 0 Å². The molecule has 0 aliphatic rings. The molecule has 21 heavy (non-hydrogen) atoms. The average molecular weight is 296 g/mol. The molecule has 0 aromatic heterocycles. The van der Waals surface area contributed by atoms with Crippen molar-refractivity contribution in [2.75, 3.05) is 11.4 Å². The summed E-state index contributed by atoms with van der Waals surface area (Å²) in [7, 11) is 0. The van der Waals surface area contributed by atoms with Gasteiger partial charge in [0, 0.05) is 12.6 Å². The van der Waals surface area contributed by atoms with E-state index < -0.39 is 23.9 Å². The second kappa shape index (κ2) is 7.61. The normalized spacial score (nSPS) is 12.0. The Balaban J connectivity index is 2.88. The highest BCUT2D eigenvalue weighted by Gasteiger charge is 2.23. The number of para-hydroxylation sites is 1. The van der Waals surface area contributed by atoms with E-state index in [0.29, 0.717) is 0 Å². The molecule has 1 aromatic rings. The largest absolute Gasteiger partial charge is 0.481 e. The number of carboxylic acids is 1. The Bertz CT molecular complexity index is 505. The molecule has 2 amide bonds. The van der Waals surface area contributed by atoms with Gasteiger partial charge in [-0.2, -0.15) is 0 Å². The molecule has 116 valence electrons. The summed E-state index contributed by atoms with van der Waals surface area (Å²) in [6.45, 7) is 5.67. The molecule has 0 fully saturated rings. The lowest BCUT2D eigenvalue weighted by Gasteiger charge is -2.27. The van der Waals surface area contributed by atoms with Gasteiger partial charge in [0.15, 0.2) is 0 Å². The summed E-state index contributed by atoms with van der Waals surface area (Å²) in [5.74, 6) is -1.51. The molecule has 1 atom stereocenters. The van der Waals surface area contributed by atoms with Gasteiger partial charge in [0.1, 0.15) is 5.82 Å². The standard InChI is InChI=1S/C15H21FN2O3/c1-4-18(13-8-6-5-7-11(13)16)15(21)17-12(10(2)3)9-14(19)20/h5-8,10,12H,4,9H2,1-3H3,(H,17,21)(H,19,20). The fraction of sp³-hybridized carbons (Fsp3) is 0.467. The monoisotopic (exact) mass is 296 g/mol. The number of amides is 2. The van der Waals surface area contributed by atoms with Gasteiger partial charge >= 0.3 is 12.0 Å². The zero-order chi connectivity index (χ0) is 16.0. The topological polar surface area (TPSA) is 69.6 Å². The van der Waals surface area contributed by atoms with Crippen molar-refractivity contribution < 1.29 is 19.1 Å². The Hall–Kier alpha value is -2.11. The highest BCUT2D eigenvalue weighted by atomic mass is 19.1. The number of urea groups is 1. The molecule has 6 heteroatoms. The van der Waals surface area contributed by atoms with Gasteiger partial charge in [-0.15, -0.1) is 0 Å². The smallest absolute Gasteiger partial charge is 0.322 e. The molecule has 0 heterocycles. The number of carbonyl (C=O) groups is 2. The summed E-state index contributed by atoms with van der Waals surface area (Å²) in [5.41, 5.74) is 0.176. The molecule has 0 aliphatic heterocycles. The van der Waals surface area contributed by atoms with Crippen LogP contribution in [-0.2, 0) is 4.79 Å². The van der Waals surface area contributed by atoms with Gasteiger partial charge in [0.2, 0.25) is 0 Å². The van der Waals surface area contributed by atoms with Crippen LogP contribution in [0.15, 0.2) is 24.3 Å². The number of carbonyl (C=O) groups excluding carboxylic acids is 1. The minimum absolute atomic E-state index is 0.0376. The number of nitrogens with zero attached hydrogens (tertiary/aromatic N) is 1. The van der Waals surface area contributed by atoms with Gasteiger partial charge < -0.3 is 10.4 Å². The number of halogens is 1. The van der Waals surface area contributed by atoms with Crippen molar-refractivity contribution in [2.45, 2.75) is 33.2 Å². The van der Waals surface area contributed by atoms with Gasteiger partial charge in [0.25, 0.3) is 0 Å². The van der Waals surface area contributed by atoms with Crippen molar-refractivity contribution in [1.29, 1.82) is 0 Å². The first-order valence-electron chi connectivity index (χ1n) is 6.91. The van der Waals surface area contributed by atoms with Crippen LogP contribution in [0.2, 0.25) is 0 Å². The van der Waals surface area contributed by atoms with E-state index in [2.05, 4.69) is 5.32 Å². The average Bonchev–Trinajstić information content (AvgIpc) is 2.40. The van der Waals surface area contributed by atoms with E-state index in [-0.39, 0.29) is 24.6 Å². The Morgan fingerprint density at radius 3 is 2.43 bits per heavy atom. The molecule has 5 nitrogen and oxygen atoms in total. The Labute approximate surface area is 123 Å². The van der Waals surface area contributed by atoms with E-state index in [1.807, 2.05) is 13.8 Å². The molecular weight excluding hydrogens is 275 g/mol. The minimum Gasteiger partial charge on any atom is -0.481 e. The zero-order valence-electron chi connectivity index (χ0n) is 12.5. The van der Waals surface area contributed by atoms with E-state index in [1.54, 1.807) is 19.1 Å². The summed E-state index contributed by atoms with van der Waals surface area (Å²) >= 11 is 0. The second-order valence-electron chi connectivity index (χ2n) is 5.09. The Morgan fingerprint density at radius 2 is 1.95 bits per heavy atom. The molecule has 0 saturated carbocycles. The minimum atomic E-state index is -0.983. The van der Waals surface area contributed by atoms with Crippen molar-refractivity contribution in [3.63, 3.8) is 0 Å². The van der Waals surface area contributed by atoms with Crippen molar-refractivity contribution in [2.24, 2.45) is 5.92 Å². The van der Waals surface area contributed by atoms with E-state index in [9.17, 15) is 14.0 Å². The quantitative estimate of drug-likeness (QED) is 0.848. The number of benzene rings is 1. The van der Waals surface area contributed by atoms with Crippen LogP contribution in [0.5, 0.6) is 0 Å². The molecule has 0 bridgehead atoms. The first kappa shape index (κ1) is 16.9. The van der Waals surface area contributed by atoms with E-state index >= 15 is 0 Å². The van der Waals surface area contributed by atoms with Gasteiger partial charge in [0.05, 0.1) is 12.1 Å². The number of carboxylic acid groups (broad SMARTS) is 1. The molecule has 1 rings (SSSR count). The number of aliphatic carboxylic acids is 1. The molecule has 1 unspecified atom stereocenters. The first-order chi connectivity index (χ1) is 9.86. The molecule has 2 N–H and O–H groups in total. The van der Waals surface area contributed by atoms with E-state index in [4.69, 9.17) is 5.11 Å². The number of rotatable bonds is 6. The predicted octanol–water partition coefficient (Wildman–Crippen LogP) is 2.86. The van der Waals surface area contributed by atoms with E-state index in [1.165, 1.54) is 17.0 Å². The summed E-state index contributed by atoms with van der Waals surface area (Å²) in [6, 6.07) is 4.98. The Morgan fingerprint density at radius 1 is 1.33 bits per heavy atom. The van der Waals surface area contributed by atoms with Gasteiger partial charge in [-0.25, -0.2) is 9.18 Å². The summed E-state index contributed by atoms with van der Waals surface area (Å²) in [5, 5.41) is 11.5. The van der Waals surface area contributed by atoms with Crippen molar-refractivity contribution >= 4 is 17.7 Å². The highest BCUT2D eigenvalue weighted by molar-refractivity contribution is 5.92. The second-order valence-corrected chi connectivity index (χ2v) is 5.09. The number of anilines is 1. The van der Waals surface area contributed by atoms with E-state index in [0.717, 1.165) is 0 Å². The van der Waals surface area contributed by atoms with Crippen LogP contribution in [0, 0.1) is 11.7 Å². The molecular formula is C15H21FN2O3. The summed E-state index contributed by atoms with van der Waals surface area (Å²) < 4.78 is 13.8. The van der Waals surface area contributed by atoms with Gasteiger partial charge in [-0.05, 0) is 25.0 Å². The predicted molar refractivity (Wildman–Crippen MR) is 78.8 cm³/mol. The fourth-order valence-electron chi connectivity index (χ4n) is 1.97. The number of hydrogen-bond acceptors (Lipinski definition) is 2. The first-order valence-corrected chi connectivity index (χ1v) is 6.91. The highest BCUT2D eigenvalue weighted by Crippen LogP contribution is 2.19. The van der Waals surface area contributed by atoms with Gasteiger partial charge in [-0.3, -0.25) is 9.69 Å². The lowest BCUT2D eigenvalue weighted by Crippen LogP contribution is -2.48. The summed E-state index contributed by atoms with van der Waals surface area (Å²) in [4.78, 5) is 24.4. The Kier molecular flexibility index (Phi) is 6.14. The lowest BCUT2D eigenvalue weighted by molar-refractivity contribution is -0.137. The molecule has 0 aliphatic carbocycles. The number of nitrogens with one attached hydrogen (secondary N) is 1. The van der Waals surface area contributed by atoms with Crippen LogP contribution in [0.25, 0.3) is 0 Å². The van der Waals surface area contributed by atoms with Crippen molar-refractivity contribution in [3.05, 3.63) is 30.1 Å². The molecule has 0 saturated heterocycles. The fourth-order valence-corrected chi connectivity index (χ4v) is 1.97. The van der Waals surface area contributed by atoms with Crippen LogP contribution in [0.1, 0.15) is 27.2 Å². The third kappa shape index (κ3) is 4.73. The maximum atomic E-state index is 13.8. The lowest BCUT2D eigenvalue weighted by atomic mass is 10.0. The summed E-state index contributed by atoms with van der Waals surface area (Å²) in [6.07, 6.45) is -0.168. The van der Waals surface area contributed by atoms with Crippen LogP contribution < -0.4 is 10.2 Å². The molecule has 1 aromatic carbocycles. The molecule has 0 radical (unpaired) electrons. The molecule has 0 spiro atoms. The van der Waals surface area contributed by atoms with Gasteiger partial charge in [-0.1, -0.05) is 26.0 Å². The third-order valence-electron chi connectivity index (χ3n) is 3.21. The van der Waals surface area contributed by atoms with Crippen LogP contribution in [0.3, 0.4) is 0 Å². The maximum Gasteiger partial charge on any atom is 0.322 e. The maximum absolute atomic E-state index is 13.8.